The van der Waals surface area contributed by atoms with Crippen molar-refractivity contribution in [3.8, 4) is 0 Å². The zero-order valence-corrected chi connectivity index (χ0v) is 15.0. The van der Waals surface area contributed by atoms with E-state index in [9.17, 15) is 9.59 Å². The molecule has 126 valence electrons. The Labute approximate surface area is 149 Å². The number of carbonyl (C=O) groups is 2. The number of nitrogens with zero attached hydrogens (tertiary/aromatic N) is 2. The lowest BCUT2D eigenvalue weighted by Crippen LogP contribution is -2.42. The van der Waals surface area contributed by atoms with Crippen molar-refractivity contribution in [1.29, 1.82) is 0 Å². The maximum absolute atomic E-state index is 12.2. The van der Waals surface area contributed by atoms with Crippen LogP contribution in [-0.2, 0) is 0 Å². The van der Waals surface area contributed by atoms with Crippen LogP contribution in [-0.4, -0.2) is 27.0 Å². The first-order chi connectivity index (χ1) is 11.4. The standard InChI is InChI=1S/C16H17ClN4O2S/c1-9(2)24-16-18-8-12(17)13(19-16)15(23)21-20-14(22)11-6-4-10(3)5-7-11/h4-9H,1-3H3,(H,20,22)(H,21,23). The molecule has 0 aliphatic carbocycles. The number of thioether (sulfide) groups is 1. The SMILES string of the molecule is Cc1ccc(C(=O)NNC(=O)c2nc(SC(C)C)ncc2Cl)cc1. The smallest absolute Gasteiger partial charge is 0.267 e. The van der Waals surface area contributed by atoms with Crippen molar-refractivity contribution >= 4 is 35.2 Å². The van der Waals surface area contributed by atoms with E-state index >= 15 is 0 Å². The molecule has 0 aliphatic heterocycles. The number of amides is 2. The van der Waals surface area contributed by atoms with Crippen molar-refractivity contribution < 1.29 is 9.59 Å². The second-order valence-electron chi connectivity index (χ2n) is 5.29. The Kier molecular flexibility index (Phi) is 6.16. The minimum atomic E-state index is -0.603. The molecule has 0 saturated heterocycles. The molecule has 2 aromatic rings. The van der Waals surface area contributed by atoms with Gasteiger partial charge in [0.15, 0.2) is 10.9 Å². The van der Waals surface area contributed by atoms with Crippen LogP contribution in [0.4, 0.5) is 0 Å². The van der Waals surface area contributed by atoms with Crippen LogP contribution in [0.25, 0.3) is 0 Å². The number of hydrogen-bond acceptors (Lipinski definition) is 5. The van der Waals surface area contributed by atoms with Crippen LogP contribution in [0.5, 0.6) is 0 Å². The number of aryl methyl sites for hydroxylation is 1. The van der Waals surface area contributed by atoms with E-state index in [4.69, 9.17) is 11.6 Å². The summed E-state index contributed by atoms with van der Waals surface area (Å²) in [4.78, 5) is 32.4. The van der Waals surface area contributed by atoms with Crippen molar-refractivity contribution in [2.24, 2.45) is 0 Å². The quantitative estimate of drug-likeness (QED) is 0.495. The molecule has 1 heterocycles. The Morgan fingerprint density at radius 2 is 1.75 bits per heavy atom. The van der Waals surface area contributed by atoms with Gasteiger partial charge in [0.05, 0.1) is 11.2 Å². The third kappa shape index (κ3) is 4.94. The van der Waals surface area contributed by atoms with Crippen molar-refractivity contribution in [3.63, 3.8) is 0 Å². The van der Waals surface area contributed by atoms with Gasteiger partial charge in [-0.05, 0) is 19.1 Å². The number of halogens is 1. The van der Waals surface area contributed by atoms with E-state index in [1.807, 2.05) is 32.9 Å². The molecular weight excluding hydrogens is 348 g/mol. The molecule has 24 heavy (non-hydrogen) atoms. The molecule has 0 unspecified atom stereocenters. The molecule has 2 rings (SSSR count). The summed E-state index contributed by atoms with van der Waals surface area (Å²) in [5.74, 6) is -1.03. The normalized spacial score (nSPS) is 10.5. The van der Waals surface area contributed by atoms with Gasteiger partial charge in [-0.1, -0.05) is 54.9 Å². The van der Waals surface area contributed by atoms with Crippen molar-refractivity contribution in [2.75, 3.05) is 0 Å². The molecule has 2 amide bonds. The van der Waals surface area contributed by atoms with Gasteiger partial charge in [-0.25, -0.2) is 9.97 Å². The molecule has 0 saturated carbocycles. The maximum Gasteiger partial charge on any atom is 0.289 e. The molecule has 2 N–H and O–H groups in total. The monoisotopic (exact) mass is 364 g/mol. The first-order valence-electron chi connectivity index (χ1n) is 7.23. The molecule has 0 spiro atoms. The fourth-order valence-corrected chi connectivity index (χ4v) is 2.58. The largest absolute Gasteiger partial charge is 0.289 e. The Balaban J connectivity index is 2.04. The van der Waals surface area contributed by atoms with Gasteiger partial charge in [-0.15, -0.1) is 0 Å². The zero-order valence-electron chi connectivity index (χ0n) is 13.5. The van der Waals surface area contributed by atoms with Crippen LogP contribution in [0.3, 0.4) is 0 Å². The highest BCUT2D eigenvalue weighted by Gasteiger charge is 2.16. The van der Waals surface area contributed by atoms with E-state index in [1.54, 1.807) is 12.1 Å². The van der Waals surface area contributed by atoms with E-state index in [2.05, 4.69) is 20.8 Å². The average molecular weight is 365 g/mol. The van der Waals surface area contributed by atoms with Gasteiger partial charge in [-0.3, -0.25) is 20.4 Å². The number of nitrogens with one attached hydrogen (secondary N) is 2. The minimum Gasteiger partial charge on any atom is -0.267 e. The van der Waals surface area contributed by atoms with E-state index in [1.165, 1.54) is 18.0 Å². The Morgan fingerprint density at radius 3 is 2.38 bits per heavy atom. The topological polar surface area (TPSA) is 84.0 Å². The molecule has 0 radical (unpaired) electrons. The van der Waals surface area contributed by atoms with Gasteiger partial charge in [-0.2, -0.15) is 0 Å². The number of hydrogen-bond donors (Lipinski definition) is 2. The zero-order chi connectivity index (χ0) is 17.7. The predicted molar refractivity (Wildman–Crippen MR) is 94.1 cm³/mol. The highest BCUT2D eigenvalue weighted by molar-refractivity contribution is 7.99. The lowest BCUT2D eigenvalue weighted by atomic mass is 10.1. The van der Waals surface area contributed by atoms with E-state index in [-0.39, 0.29) is 16.0 Å². The van der Waals surface area contributed by atoms with Crippen LogP contribution >= 0.6 is 23.4 Å². The Bertz CT molecular complexity index is 750. The van der Waals surface area contributed by atoms with Gasteiger partial charge < -0.3 is 0 Å². The summed E-state index contributed by atoms with van der Waals surface area (Å²) in [6, 6.07) is 6.97. The molecule has 1 aromatic heterocycles. The molecule has 0 aliphatic rings. The molecule has 8 heteroatoms. The molecule has 6 nitrogen and oxygen atoms in total. The lowest BCUT2D eigenvalue weighted by Gasteiger charge is -2.09. The van der Waals surface area contributed by atoms with Gasteiger partial charge >= 0.3 is 0 Å². The number of hydrazine groups is 1. The molecule has 1 aromatic carbocycles. The third-order valence-electron chi connectivity index (χ3n) is 2.88. The summed E-state index contributed by atoms with van der Waals surface area (Å²) in [7, 11) is 0. The van der Waals surface area contributed by atoms with Gasteiger partial charge in [0.25, 0.3) is 11.8 Å². The molecule has 0 fully saturated rings. The predicted octanol–water partition coefficient (Wildman–Crippen LogP) is 3.01. The summed E-state index contributed by atoms with van der Waals surface area (Å²) in [6.07, 6.45) is 1.37. The Morgan fingerprint density at radius 1 is 1.12 bits per heavy atom. The number of rotatable bonds is 4. The minimum absolute atomic E-state index is 0.0130. The summed E-state index contributed by atoms with van der Waals surface area (Å²) in [5, 5.41) is 0.831. The van der Waals surface area contributed by atoms with Gasteiger partial charge in [0.1, 0.15) is 0 Å². The average Bonchev–Trinajstić information content (AvgIpc) is 2.54. The fourth-order valence-electron chi connectivity index (χ4n) is 1.73. The number of aromatic nitrogens is 2. The lowest BCUT2D eigenvalue weighted by molar-refractivity contribution is 0.0843. The van der Waals surface area contributed by atoms with Crippen LogP contribution in [0, 0.1) is 6.92 Å². The highest BCUT2D eigenvalue weighted by atomic mass is 35.5. The Hall–Kier alpha value is -2.12. The third-order valence-corrected chi connectivity index (χ3v) is 4.04. The van der Waals surface area contributed by atoms with Crippen LogP contribution in [0.1, 0.15) is 40.3 Å². The highest BCUT2D eigenvalue weighted by Crippen LogP contribution is 2.21. The van der Waals surface area contributed by atoms with Crippen LogP contribution < -0.4 is 10.9 Å². The summed E-state index contributed by atoms with van der Waals surface area (Å²) in [6.45, 7) is 5.90. The number of carbonyl (C=O) groups excluding carboxylic acids is 2. The first kappa shape index (κ1) is 18.2. The van der Waals surface area contributed by atoms with Gasteiger partial charge in [0, 0.05) is 10.8 Å². The summed E-state index contributed by atoms with van der Waals surface area (Å²) >= 11 is 7.38. The first-order valence-corrected chi connectivity index (χ1v) is 8.49. The number of benzene rings is 1. The summed E-state index contributed by atoms with van der Waals surface area (Å²) in [5.41, 5.74) is 6.14. The summed E-state index contributed by atoms with van der Waals surface area (Å²) < 4.78 is 0. The van der Waals surface area contributed by atoms with Crippen molar-refractivity contribution in [3.05, 3.63) is 52.3 Å². The molecule has 0 atom stereocenters. The van der Waals surface area contributed by atoms with Crippen LogP contribution in [0.15, 0.2) is 35.6 Å². The van der Waals surface area contributed by atoms with E-state index < -0.39 is 11.8 Å². The maximum atomic E-state index is 12.2. The van der Waals surface area contributed by atoms with Crippen LogP contribution in [0.2, 0.25) is 5.02 Å². The van der Waals surface area contributed by atoms with E-state index in [0.29, 0.717) is 10.7 Å². The molecule has 0 bridgehead atoms. The van der Waals surface area contributed by atoms with E-state index in [0.717, 1.165) is 5.56 Å². The van der Waals surface area contributed by atoms with Crippen molar-refractivity contribution in [1.82, 2.24) is 20.8 Å². The van der Waals surface area contributed by atoms with Gasteiger partial charge in [0.2, 0.25) is 0 Å². The second kappa shape index (κ2) is 8.12. The van der Waals surface area contributed by atoms with Crippen molar-refractivity contribution in [2.45, 2.75) is 31.2 Å². The second-order valence-corrected chi connectivity index (χ2v) is 7.24. The fraction of sp³-hybridized carbons (Fsp3) is 0.250. The molecular formula is C16H17ClN4O2S.